The molecule has 1 amide bonds. The van der Waals surface area contributed by atoms with Crippen molar-refractivity contribution in [1.82, 2.24) is 20.4 Å². The number of nitrogens with two attached hydrogens (primary N) is 1. The van der Waals surface area contributed by atoms with Crippen LogP contribution in [0.15, 0.2) is 30.5 Å². The van der Waals surface area contributed by atoms with Gasteiger partial charge in [0.15, 0.2) is 5.69 Å². The van der Waals surface area contributed by atoms with Crippen LogP contribution in [-0.4, -0.2) is 34.5 Å². The van der Waals surface area contributed by atoms with E-state index >= 15 is 0 Å². The molecule has 1 heterocycles. The topological polar surface area (TPSA) is 89.1 Å². The number of anilines is 1. The molecular formula is C13H18N6O. The van der Waals surface area contributed by atoms with Crippen molar-refractivity contribution in [3.8, 4) is 0 Å². The predicted octanol–water partition coefficient (Wildman–Crippen LogP) is 0.326. The van der Waals surface area contributed by atoms with Crippen molar-refractivity contribution in [2.75, 3.05) is 18.5 Å². The highest BCUT2D eigenvalue weighted by Gasteiger charge is 2.09. The van der Waals surface area contributed by atoms with Gasteiger partial charge < -0.3 is 4.90 Å². The number of hydrogen-bond acceptors (Lipinski definition) is 5. The van der Waals surface area contributed by atoms with Crippen molar-refractivity contribution in [2.45, 2.75) is 13.5 Å². The van der Waals surface area contributed by atoms with Crippen LogP contribution in [0.3, 0.4) is 0 Å². The number of aryl methyl sites for hydroxylation is 1. The van der Waals surface area contributed by atoms with Crippen LogP contribution >= 0.6 is 0 Å². The fourth-order valence-electron chi connectivity index (χ4n) is 1.77. The van der Waals surface area contributed by atoms with Gasteiger partial charge >= 0.3 is 0 Å². The van der Waals surface area contributed by atoms with Crippen molar-refractivity contribution in [3.63, 3.8) is 0 Å². The number of benzene rings is 1. The summed E-state index contributed by atoms with van der Waals surface area (Å²) in [4.78, 5) is 13.4. The Bertz CT molecular complexity index is 577. The molecule has 0 bridgehead atoms. The number of hydrazine groups is 1. The van der Waals surface area contributed by atoms with Gasteiger partial charge in [-0.2, -0.15) is 0 Å². The minimum absolute atomic E-state index is 0.213. The number of hydrogen-bond donors (Lipinski definition) is 2. The first-order valence-corrected chi connectivity index (χ1v) is 6.29. The van der Waals surface area contributed by atoms with Gasteiger partial charge in [-0.15, -0.1) is 5.10 Å². The fourth-order valence-corrected chi connectivity index (χ4v) is 1.77. The molecule has 0 spiro atoms. The number of nitrogens with one attached hydrogen (secondary N) is 1. The molecule has 106 valence electrons. The van der Waals surface area contributed by atoms with Crippen LogP contribution in [0.5, 0.6) is 0 Å². The van der Waals surface area contributed by atoms with E-state index in [1.807, 2.05) is 12.5 Å². The average molecular weight is 274 g/mol. The lowest BCUT2D eigenvalue weighted by molar-refractivity contribution is 0.0948. The second-order valence-electron chi connectivity index (χ2n) is 4.60. The number of carbonyl (C=O) groups excluding carboxylic acids is 1. The Morgan fingerprint density at radius 1 is 1.40 bits per heavy atom. The van der Waals surface area contributed by atoms with Crippen molar-refractivity contribution in [1.29, 1.82) is 0 Å². The van der Waals surface area contributed by atoms with E-state index in [1.54, 1.807) is 10.9 Å². The SMILES string of the molecule is Cc1ccc(N(C)CCn2cc(C(=O)NN)nn2)cc1. The molecule has 20 heavy (non-hydrogen) atoms. The average Bonchev–Trinajstić information content (AvgIpc) is 2.93. The van der Waals surface area contributed by atoms with Gasteiger partial charge in [0.1, 0.15) is 0 Å². The molecule has 0 saturated carbocycles. The predicted molar refractivity (Wildman–Crippen MR) is 76.1 cm³/mol. The Morgan fingerprint density at radius 3 is 2.75 bits per heavy atom. The number of amides is 1. The van der Waals surface area contributed by atoms with Crippen LogP contribution in [0, 0.1) is 6.92 Å². The lowest BCUT2D eigenvalue weighted by Gasteiger charge is -2.19. The molecule has 0 aliphatic rings. The Kier molecular flexibility index (Phi) is 4.31. The van der Waals surface area contributed by atoms with Gasteiger partial charge in [0.2, 0.25) is 0 Å². The first-order chi connectivity index (χ1) is 9.60. The molecule has 0 saturated heterocycles. The molecule has 7 heteroatoms. The van der Waals surface area contributed by atoms with Crippen LogP contribution in [0.2, 0.25) is 0 Å². The standard InChI is InChI=1S/C13H18N6O/c1-10-3-5-11(6-4-10)18(2)7-8-19-9-12(16-17-19)13(20)15-14/h3-6,9H,7-8,14H2,1-2H3,(H,15,20). The second-order valence-corrected chi connectivity index (χ2v) is 4.60. The summed E-state index contributed by atoms with van der Waals surface area (Å²) in [5.74, 6) is 4.60. The van der Waals surface area contributed by atoms with Gasteiger partial charge in [-0.1, -0.05) is 22.9 Å². The van der Waals surface area contributed by atoms with Gasteiger partial charge in [0.05, 0.1) is 12.7 Å². The van der Waals surface area contributed by atoms with E-state index in [2.05, 4.69) is 46.4 Å². The van der Waals surface area contributed by atoms with E-state index < -0.39 is 5.91 Å². The zero-order valence-electron chi connectivity index (χ0n) is 11.6. The normalized spacial score (nSPS) is 10.3. The highest BCUT2D eigenvalue weighted by Crippen LogP contribution is 2.13. The summed E-state index contributed by atoms with van der Waals surface area (Å²) in [7, 11) is 2.01. The van der Waals surface area contributed by atoms with E-state index in [1.165, 1.54) is 5.56 Å². The molecule has 0 fully saturated rings. The number of aromatic nitrogens is 3. The summed E-state index contributed by atoms with van der Waals surface area (Å²) < 4.78 is 1.62. The summed E-state index contributed by atoms with van der Waals surface area (Å²) in [5, 5.41) is 7.64. The van der Waals surface area contributed by atoms with Crippen LogP contribution in [0.25, 0.3) is 0 Å². The summed E-state index contributed by atoms with van der Waals surface area (Å²) in [5.41, 5.74) is 4.61. The molecule has 0 aliphatic carbocycles. The largest absolute Gasteiger partial charge is 0.373 e. The Balaban J connectivity index is 1.93. The van der Waals surface area contributed by atoms with Crippen LogP contribution < -0.4 is 16.2 Å². The third-order valence-electron chi connectivity index (χ3n) is 3.04. The number of rotatable bonds is 5. The van der Waals surface area contributed by atoms with Gasteiger partial charge in [-0.3, -0.25) is 10.2 Å². The fraction of sp³-hybridized carbons (Fsp3) is 0.308. The third kappa shape index (κ3) is 3.33. The summed E-state index contributed by atoms with van der Waals surface area (Å²) >= 11 is 0. The number of nitrogen functional groups attached to an aromatic ring is 1. The minimum atomic E-state index is -0.442. The molecule has 3 N–H and O–H groups in total. The molecule has 0 unspecified atom stereocenters. The maximum Gasteiger partial charge on any atom is 0.287 e. The Labute approximate surface area is 117 Å². The van der Waals surface area contributed by atoms with Crippen LogP contribution in [-0.2, 0) is 6.54 Å². The van der Waals surface area contributed by atoms with Gasteiger partial charge in [-0.25, -0.2) is 10.5 Å². The molecular weight excluding hydrogens is 256 g/mol. The minimum Gasteiger partial charge on any atom is -0.373 e. The second kappa shape index (κ2) is 6.16. The molecule has 2 aromatic rings. The molecule has 0 atom stereocenters. The summed E-state index contributed by atoms with van der Waals surface area (Å²) in [6.07, 6.45) is 1.57. The summed E-state index contributed by atoms with van der Waals surface area (Å²) in [6, 6.07) is 8.30. The van der Waals surface area contributed by atoms with E-state index in [-0.39, 0.29) is 5.69 Å². The molecule has 7 nitrogen and oxygen atoms in total. The maximum absolute atomic E-state index is 11.3. The number of carbonyl (C=O) groups is 1. The summed E-state index contributed by atoms with van der Waals surface area (Å²) in [6.45, 7) is 3.45. The number of likely N-dealkylation sites (N-methyl/N-ethyl adjacent to an activating group) is 1. The van der Waals surface area contributed by atoms with Gasteiger partial charge in [0, 0.05) is 19.3 Å². The molecule has 0 radical (unpaired) electrons. The Morgan fingerprint density at radius 2 is 2.10 bits per heavy atom. The van der Waals surface area contributed by atoms with E-state index in [9.17, 15) is 4.79 Å². The quantitative estimate of drug-likeness (QED) is 0.466. The number of nitrogens with zero attached hydrogens (tertiary/aromatic N) is 4. The first kappa shape index (κ1) is 14.0. The lowest BCUT2D eigenvalue weighted by atomic mass is 10.2. The third-order valence-corrected chi connectivity index (χ3v) is 3.04. The molecule has 1 aromatic carbocycles. The van der Waals surface area contributed by atoms with Crippen molar-refractivity contribution >= 4 is 11.6 Å². The van der Waals surface area contributed by atoms with Crippen molar-refractivity contribution < 1.29 is 4.79 Å². The van der Waals surface area contributed by atoms with E-state index in [4.69, 9.17) is 5.84 Å². The van der Waals surface area contributed by atoms with Crippen molar-refractivity contribution in [3.05, 3.63) is 41.7 Å². The Hall–Kier alpha value is -2.41. The van der Waals surface area contributed by atoms with Crippen LogP contribution in [0.1, 0.15) is 16.1 Å². The molecule has 0 aliphatic heterocycles. The zero-order chi connectivity index (χ0) is 14.5. The lowest BCUT2D eigenvalue weighted by Crippen LogP contribution is -2.30. The molecule has 1 aromatic heterocycles. The smallest absolute Gasteiger partial charge is 0.287 e. The first-order valence-electron chi connectivity index (χ1n) is 6.29. The van der Waals surface area contributed by atoms with E-state index in [0.717, 1.165) is 12.2 Å². The van der Waals surface area contributed by atoms with Crippen molar-refractivity contribution in [2.24, 2.45) is 5.84 Å². The maximum atomic E-state index is 11.3. The highest BCUT2D eigenvalue weighted by molar-refractivity contribution is 5.91. The van der Waals surface area contributed by atoms with Gasteiger partial charge in [-0.05, 0) is 19.1 Å². The van der Waals surface area contributed by atoms with Crippen LogP contribution in [0.4, 0.5) is 5.69 Å². The zero-order valence-corrected chi connectivity index (χ0v) is 11.6. The van der Waals surface area contributed by atoms with Gasteiger partial charge in [0.25, 0.3) is 5.91 Å². The highest BCUT2D eigenvalue weighted by atomic mass is 16.2. The van der Waals surface area contributed by atoms with E-state index in [0.29, 0.717) is 6.54 Å². The monoisotopic (exact) mass is 274 g/mol. The molecule has 2 rings (SSSR count).